The summed E-state index contributed by atoms with van der Waals surface area (Å²) in [6.07, 6.45) is 2.06. The Bertz CT molecular complexity index is 588. The molecule has 0 amide bonds. The second-order valence-electron chi connectivity index (χ2n) is 4.80. The third-order valence-electron chi connectivity index (χ3n) is 3.46. The fraction of sp³-hybridized carbons (Fsp3) is 0.294. The largest absolute Gasteiger partial charge is 0.207 e. The number of benzene rings is 2. The molecule has 0 N–H and O–H groups in total. The van der Waals surface area contributed by atoms with Crippen molar-refractivity contribution in [2.75, 3.05) is 0 Å². The summed E-state index contributed by atoms with van der Waals surface area (Å²) in [5.74, 6) is -0.222. The molecule has 0 spiro atoms. The molecular weight excluding hydrogens is 383 g/mol. The van der Waals surface area contributed by atoms with Gasteiger partial charge in [-0.05, 0) is 53.3 Å². The van der Waals surface area contributed by atoms with Crippen LogP contribution >= 0.6 is 31.9 Å². The summed E-state index contributed by atoms with van der Waals surface area (Å²) in [5.41, 5.74) is 4.83. The van der Waals surface area contributed by atoms with Crippen molar-refractivity contribution in [3.05, 3.63) is 68.9 Å². The zero-order valence-corrected chi connectivity index (χ0v) is 14.8. The van der Waals surface area contributed by atoms with E-state index in [1.807, 2.05) is 6.07 Å². The number of rotatable bonds is 4. The first-order chi connectivity index (χ1) is 9.55. The van der Waals surface area contributed by atoms with Gasteiger partial charge in [-0.3, -0.25) is 0 Å². The lowest BCUT2D eigenvalue weighted by atomic mass is 9.96. The van der Waals surface area contributed by atoms with Gasteiger partial charge < -0.3 is 0 Å². The Kier molecular flexibility index (Phi) is 5.39. The summed E-state index contributed by atoms with van der Waals surface area (Å²) in [6, 6.07) is 11.5. The molecule has 3 heteroatoms. The van der Waals surface area contributed by atoms with Gasteiger partial charge >= 0.3 is 0 Å². The highest BCUT2D eigenvalue weighted by Gasteiger charge is 2.13. The molecular formula is C17H17Br2F. The average Bonchev–Trinajstić information content (AvgIpc) is 2.44. The summed E-state index contributed by atoms with van der Waals surface area (Å²) in [4.78, 5) is 0.00528. The Morgan fingerprint density at radius 2 is 1.65 bits per heavy atom. The lowest BCUT2D eigenvalue weighted by Gasteiger charge is -2.15. The van der Waals surface area contributed by atoms with Crippen molar-refractivity contribution < 1.29 is 4.39 Å². The normalized spacial score (nSPS) is 12.4. The molecule has 20 heavy (non-hydrogen) atoms. The zero-order valence-electron chi connectivity index (χ0n) is 11.6. The summed E-state index contributed by atoms with van der Waals surface area (Å²) < 4.78 is 14.3. The SMILES string of the molecule is CCc1ccc(C(Br)c2cc(F)cc(Br)c2)cc1CC. The first kappa shape index (κ1) is 15.7. The van der Waals surface area contributed by atoms with Crippen LogP contribution in [0.3, 0.4) is 0 Å². The van der Waals surface area contributed by atoms with Gasteiger partial charge in [0.15, 0.2) is 0 Å². The van der Waals surface area contributed by atoms with E-state index >= 15 is 0 Å². The van der Waals surface area contributed by atoms with Gasteiger partial charge in [-0.2, -0.15) is 0 Å². The van der Waals surface area contributed by atoms with E-state index in [1.54, 1.807) is 6.07 Å². The third-order valence-corrected chi connectivity index (χ3v) is 4.98. The molecule has 0 aliphatic rings. The van der Waals surface area contributed by atoms with Gasteiger partial charge in [0.05, 0.1) is 4.83 Å². The van der Waals surface area contributed by atoms with Crippen molar-refractivity contribution in [3.63, 3.8) is 0 Å². The van der Waals surface area contributed by atoms with Crippen LogP contribution in [0.5, 0.6) is 0 Å². The van der Waals surface area contributed by atoms with Crippen LogP contribution in [0.25, 0.3) is 0 Å². The second-order valence-corrected chi connectivity index (χ2v) is 6.63. The van der Waals surface area contributed by atoms with E-state index in [2.05, 4.69) is 63.9 Å². The summed E-state index contributed by atoms with van der Waals surface area (Å²) >= 11 is 7.03. The van der Waals surface area contributed by atoms with Crippen LogP contribution in [0.4, 0.5) is 4.39 Å². The maximum absolute atomic E-state index is 13.5. The van der Waals surface area contributed by atoms with E-state index in [9.17, 15) is 4.39 Å². The second kappa shape index (κ2) is 6.86. The van der Waals surface area contributed by atoms with Crippen molar-refractivity contribution in [3.8, 4) is 0 Å². The molecule has 0 saturated carbocycles. The lowest BCUT2D eigenvalue weighted by molar-refractivity contribution is 0.625. The van der Waals surface area contributed by atoms with Crippen molar-refractivity contribution in [2.24, 2.45) is 0 Å². The number of aryl methyl sites for hydroxylation is 2. The van der Waals surface area contributed by atoms with Gasteiger partial charge in [0, 0.05) is 4.47 Å². The molecule has 0 bridgehead atoms. The average molecular weight is 400 g/mol. The van der Waals surface area contributed by atoms with Crippen molar-refractivity contribution in [2.45, 2.75) is 31.5 Å². The molecule has 0 radical (unpaired) electrons. The van der Waals surface area contributed by atoms with Gasteiger partial charge in [-0.1, -0.05) is 63.9 Å². The molecule has 2 aromatic rings. The third kappa shape index (κ3) is 3.50. The Labute approximate surface area is 136 Å². The van der Waals surface area contributed by atoms with E-state index in [1.165, 1.54) is 17.2 Å². The Balaban J connectivity index is 2.39. The predicted molar refractivity (Wildman–Crippen MR) is 90.1 cm³/mol. The molecule has 2 rings (SSSR count). The van der Waals surface area contributed by atoms with Crippen LogP contribution in [-0.2, 0) is 12.8 Å². The molecule has 106 valence electrons. The highest BCUT2D eigenvalue weighted by atomic mass is 79.9. The molecule has 0 fully saturated rings. The first-order valence-electron chi connectivity index (χ1n) is 6.76. The lowest BCUT2D eigenvalue weighted by Crippen LogP contribution is -1.98. The number of hydrogen-bond acceptors (Lipinski definition) is 0. The number of halogens is 3. The Morgan fingerprint density at radius 3 is 2.25 bits per heavy atom. The molecule has 1 atom stereocenters. The minimum absolute atomic E-state index is 0.00528. The molecule has 0 aliphatic heterocycles. The van der Waals surface area contributed by atoms with E-state index < -0.39 is 0 Å². The van der Waals surface area contributed by atoms with Crippen molar-refractivity contribution in [1.29, 1.82) is 0 Å². The summed E-state index contributed by atoms with van der Waals surface area (Å²) in [7, 11) is 0. The van der Waals surface area contributed by atoms with Crippen LogP contribution in [-0.4, -0.2) is 0 Å². The van der Waals surface area contributed by atoms with Gasteiger partial charge in [0.25, 0.3) is 0 Å². The molecule has 0 heterocycles. The fourth-order valence-corrected chi connectivity index (χ4v) is 3.42. The Hall–Kier alpha value is -0.670. The Morgan fingerprint density at radius 1 is 0.950 bits per heavy atom. The quantitative estimate of drug-likeness (QED) is 0.537. The van der Waals surface area contributed by atoms with E-state index in [4.69, 9.17) is 0 Å². The zero-order chi connectivity index (χ0) is 14.7. The van der Waals surface area contributed by atoms with E-state index in [0.717, 1.165) is 28.4 Å². The van der Waals surface area contributed by atoms with Crippen molar-refractivity contribution in [1.82, 2.24) is 0 Å². The highest BCUT2D eigenvalue weighted by molar-refractivity contribution is 9.10. The first-order valence-corrected chi connectivity index (χ1v) is 8.47. The molecule has 0 saturated heterocycles. The smallest absolute Gasteiger partial charge is 0.124 e. The molecule has 1 unspecified atom stereocenters. The maximum atomic E-state index is 13.5. The highest BCUT2D eigenvalue weighted by Crippen LogP contribution is 2.34. The number of hydrogen-bond donors (Lipinski definition) is 0. The van der Waals surface area contributed by atoms with Gasteiger partial charge in [0.1, 0.15) is 5.82 Å². The minimum Gasteiger partial charge on any atom is -0.207 e. The summed E-state index contributed by atoms with van der Waals surface area (Å²) in [5, 5.41) is 0. The fourth-order valence-electron chi connectivity index (χ4n) is 2.39. The summed E-state index contributed by atoms with van der Waals surface area (Å²) in [6.45, 7) is 4.34. The minimum atomic E-state index is -0.222. The van der Waals surface area contributed by atoms with Gasteiger partial charge in [0.2, 0.25) is 0 Å². The van der Waals surface area contributed by atoms with E-state index in [-0.39, 0.29) is 10.6 Å². The van der Waals surface area contributed by atoms with Gasteiger partial charge in [-0.15, -0.1) is 0 Å². The molecule has 0 aromatic heterocycles. The topological polar surface area (TPSA) is 0 Å². The van der Waals surface area contributed by atoms with Crippen LogP contribution in [0.1, 0.15) is 40.9 Å². The van der Waals surface area contributed by atoms with Crippen LogP contribution in [0.15, 0.2) is 40.9 Å². The van der Waals surface area contributed by atoms with E-state index in [0.29, 0.717) is 0 Å². The number of alkyl halides is 1. The van der Waals surface area contributed by atoms with Crippen LogP contribution < -0.4 is 0 Å². The van der Waals surface area contributed by atoms with Gasteiger partial charge in [-0.25, -0.2) is 4.39 Å². The molecule has 0 nitrogen and oxygen atoms in total. The molecule has 2 aromatic carbocycles. The predicted octanol–water partition coefficient (Wildman–Crippen LogP) is 6.20. The molecule has 0 aliphatic carbocycles. The maximum Gasteiger partial charge on any atom is 0.124 e. The standard InChI is InChI=1S/C17H17Br2F/c1-3-11-5-6-13(7-12(11)4-2)17(19)14-8-15(18)10-16(20)9-14/h5-10,17H,3-4H2,1-2H3. The van der Waals surface area contributed by atoms with Crippen molar-refractivity contribution >= 4 is 31.9 Å². The monoisotopic (exact) mass is 398 g/mol. The van der Waals surface area contributed by atoms with Crippen LogP contribution in [0, 0.1) is 5.82 Å². The van der Waals surface area contributed by atoms with Crippen LogP contribution in [0.2, 0.25) is 0 Å².